The molecule has 0 bridgehead atoms. The second-order valence-electron chi connectivity index (χ2n) is 6.41. The van der Waals surface area contributed by atoms with Gasteiger partial charge in [0, 0.05) is 23.9 Å². The van der Waals surface area contributed by atoms with E-state index in [4.69, 9.17) is 9.47 Å². The van der Waals surface area contributed by atoms with Crippen molar-refractivity contribution in [3.8, 4) is 11.5 Å². The molecule has 0 heterocycles. The zero-order valence-electron chi connectivity index (χ0n) is 16.8. The number of hydrogen-bond acceptors (Lipinski definition) is 5. The summed E-state index contributed by atoms with van der Waals surface area (Å²) >= 11 is 0. The minimum Gasteiger partial charge on any atom is -0.493 e. The van der Waals surface area contributed by atoms with E-state index in [1.54, 1.807) is 32.6 Å². The molecule has 2 rings (SSSR count). The fraction of sp³-hybridized carbons (Fsp3) is 0.304. The van der Waals surface area contributed by atoms with Crippen molar-refractivity contribution in [1.82, 2.24) is 5.32 Å². The summed E-state index contributed by atoms with van der Waals surface area (Å²) in [6.07, 6.45) is 13.0. The molecule has 28 heavy (non-hydrogen) atoms. The van der Waals surface area contributed by atoms with Crippen LogP contribution in [-0.2, 0) is 4.79 Å². The highest BCUT2D eigenvalue weighted by Gasteiger charge is 2.13. The number of hydrogen-bond donors (Lipinski definition) is 1. The van der Waals surface area contributed by atoms with Gasteiger partial charge in [-0.05, 0) is 61.7 Å². The van der Waals surface area contributed by atoms with E-state index in [2.05, 4.69) is 23.0 Å². The number of aliphatic imine (C=N–C) groups is 1. The van der Waals surface area contributed by atoms with Crippen molar-refractivity contribution >= 4 is 18.2 Å². The summed E-state index contributed by atoms with van der Waals surface area (Å²) in [6.45, 7) is 4.14. The summed E-state index contributed by atoms with van der Waals surface area (Å²) in [6, 6.07) is 5.97. The van der Waals surface area contributed by atoms with Crippen LogP contribution in [-0.4, -0.2) is 39.8 Å². The molecule has 0 saturated heterocycles. The quantitative estimate of drug-likeness (QED) is 0.303. The van der Waals surface area contributed by atoms with E-state index in [0.29, 0.717) is 23.2 Å². The second kappa shape index (κ2) is 11.0. The number of benzene rings is 1. The lowest BCUT2D eigenvalue weighted by Gasteiger charge is -2.21. The predicted octanol–water partition coefficient (Wildman–Crippen LogP) is 4.13. The first kappa shape index (κ1) is 21.4. The summed E-state index contributed by atoms with van der Waals surface area (Å²) in [5.74, 6) is 1.21. The van der Waals surface area contributed by atoms with Gasteiger partial charge >= 0.3 is 0 Å². The fourth-order valence-electron chi connectivity index (χ4n) is 3.05. The first-order chi connectivity index (χ1) is 13.6. The molecule has 5 nitrogen and oxygen atoms in total. The highest BCUT2D eigenvalue weighted by Crippen LogP contribution is 2.30. The van der Waals surface area contributed by atoms with Gasteiger partial charge in [-0.3, -0.25) is 9.79 Å². The monoisotopic (exact) mass is 380 g/mol. The van der Waals surface area contributed by atoms with Gasteiger partial charge in [0.25, 0.3) is 0 Å². The van der Waals surface area contributed by atoms with E-state index in [0.717, 1.165) is 36.7 Å². The molecule has 0 saturated carbocycles. The molecule has 0 aliphatic heterocycles. The van der Waals surface area contributed by atoms with Gasteiger partial charge in [0.1, 0.15) is 6.29 Å². The number of nitrogens with one attached hydrogen (secondary N) is 1. The van der Waals surface area contributed by atoms with Gasteiger partial charge in [0.2, 0.25) is 0 Å². The first-order valence-electron chi connectivity index (χ1n) is 9.27. The molecule has 0 amide bonds. The molecule has 148 valence electrons. The standard InChI is InChI=1S/C23H28N2O3/c1-17(18-7-10-20(24-2)11-8-18)6-5-14-25-21(13-15-26)19-9-12-22(27-3)23(16-19)28-4/h5-7,9,12-16,20,24H,1,8,10-11H2,2-4H3/b6-5-,21-13-,25-14+. The van der Waals surface area contributed by atoms with E-state index in [-0.39, 0.29) is 0 Å². The maximum Gasteiger partial charge on any atom is 0.161 e. The van der Waals surface area contributed by atoms with Crippen molar-refractivity contribution in [2.24, 2.45) is 4.99 Å². The normalized spacial score (nSPS) is 17.6. The van der Waals surface area contributed by atoms with Crippen LogP contribution >= 0.6 is 0 Å². The number of ether oxygens (including phenoxy) is 2. The number of allylic oxidation sites excluding steroid dienone is 5. The maximum absolute atomic E-state index is 11.0. The number of aldehydes is 1. The molecule has 1 aromatic carbocycles. The van der Waals surface area contributed by atoms with Crippen LogP contribution in [0.5, 0.6) is 11.5 Å². The Kier molecular flexibility index (Phi) is 8.43. The van der Waals surface area contributed by atoms with Crippen molar-refractivity contribution in [3.05, 3.63) is 65.8 Å². The fourth-order valence-corrected chi connectivity index (χ4v) is 3.05. The molecule has 0 spiro atoms. The third kappa shape index (κ3) is 5.79. The van der Waals surface area contributed by atoms with Crippen LogP contribution in [0.4, 0.5) is 0 Å². The molecular formula is C23H28N2O3. The molecule has 1 aliphatic rings. The average Bonchev–Trinajstić information content (AvgIpc) is 2.75. The van der Waals surface area contributed by atoms with Crippen molar-refractivity contribution in [2.45, 2.75) is 25.3 Å². The lowest BCUT2D eigenvalue weighted by molar-refractivity contribution is -0.104. The Labute approximate surface area is 167 Å². The summed E-state index contributed by atoms with van der Waals surface area (Å²) in [7, 11) is 5.15. The molecule has 1 aromatic rings. The van der Waals surface area contributed by atoms with Crippen molar-refractivity contribution < 1.29 is 14.3 Å². The highest BCUT2D eigenvalue weighted by atomic mass is 16.5. The second-order valence-corrected chi connectivity index (χ2v) is 6.41. The average molecular weight is 380 g/mol. The molecule has 0 fully saturated rings. The van der Waals surface area contributed by atoms with Crippen LogP contribution in [0.1, 0.15) is 24.8 Å². The molecule has 0 aromatic heterocycles. The molecule has 1 atom stereocenters. The lowest BCUT2D eigenvalue weighted by Crippen LogP contribution is -2.26. The molecule has 5 heteroatoms. The smallest absolute Gasteiger partial charge is 0.161 e. The van der Waals surface area contributed by atoms with E-state index < -0.39 is 0 Å². The van der Waals surface area contributed by atoms with E-state index in [1.165, 1.54) is 11.6 Å². The topological polar surface area (TPSA) is 59.9 Å². The number of methoxy groups -OCH3 is 2. The SMILES string of the molecule is C=C(\C=C/C=N/C(=C\C=O)c1ccc(OC)c(OC)c1)C1=CCC(NC)CC1. The van der Waals surface area contributed by atoms with Gasteiger partial charge < -0.3 is 14.8 Å². The number of carbonyl (C=O) groups excluding carboxylic acids is 1. The maximum atomic E-state index is 11.0. The van der Waals surface area contributed by atoms with E-state index in [1.807, 2.05) is 25.3 Å². The van der Waals surface area contributed by atoms with Crippen molar-refractivity contribution in [3.63, 3.8) is 0 Å². The van der Waals surface area contributed by atoms with Crippen molar-refractivity contribution in [2.75, 3.05) is 21.3 Å². The highest BCUT2D eigenvalue weighted by molar-refractivity contribution is 5.87. The Morgan fingerprint density at radius 1 is 1.29 bits per heavy atom. The molecule has 1 aliphatic carbocycles. The minimum absolute atomic E-state index is 0.542. The largest absolute Gasteiger partial charge is 0.493 e. The Hall–Kier alpha value is -2.92. The lowest BCUT2D eigenvalue weighted by atomic mass is 9.91. The van der Waals surface area contributed by atoms with Crippen LogP contribution in [0.25, 0.3) is 5.70 Å². The van der Waals surface area contributed by atoms with Crippen LogP contribution in [0, 0.1) is 0 Å². The Morgan fingerprint density at radius 3 is 2.68 bits per heavy atom. The minimum atomic E-state index is 0.542. The Balaban J connectivity index is 2.08. The van der Waals surface area contributed by atoms with Crippen LogP contribution in [0.3, 0.4) is 0 Å². The summed E-state index contributed by atoms with van der Waals surface area (Å²) in [4.78, 5) is 15.4. The molecule has 0 radical (unpaired) electrons. The zero-order valence-corrected chi connectivity index (χ0v) is 16.8. The van der Waals surface area contributed by atoms with Gasteiger partial charge in [0.15, 0.2) is 11.5 Å². The zero-order chi connectivity index (χ0) is 20.4. The summed E-state index contributed by atoms with van der Waals surface area (Å²) in [5.41, 5.74) is 3.58. The van der Waals surface area contributed by atoms with Crippen molar-refractivity contribution in [1.29, 1.82) is 0 Å². The van der Waals surface area contributed by atoms with Crippen LogP contribution < -0.4 is 14.8 Å². The van der Waals surface area contributed by atoms with E-state index >= 15 is 0 Å². The van der Waals surface area contributed by atoms with Gasteiger partial charge in [-0.2, -0.15) is 0 Å². The third-order valence-corrected chi connectivity index (χ3v) is 4.73. The number of rotatable bonds is 9. The van der Waals surface area contributed by atoms with Gasteiger partial charge in [0.05, 0.1) is 19.9 Å². The number of nitrogens with zero attached hydrogens (tertiary/aromatic N) is 1. The number of carbonyl (C=O) groups is 1. The molecular weight excluding hydrogens is 352 g/mol. The van der Waals surface area contributed by atoms with Crippen LogP contribution in [0.2, 0.25) is 0 Å². The van der Waals surface area contributed by atoms with Crippen LogP contribution in [0.15, 0.2) is 65.2 Å². The van der Waals surface area contributed by atoms with Gasteiger partial charge in [-0.25, -0.2) is 0 Å². The summed E-state index contributed by atoms with van der Waals surface area (Å²) in [5, 5.41) is 3.31. The van der Waals surface area contributed by atoms with Gasteiger partial charge in [-0.1, -0.05) is 18.7 Å². The predicted molar refractivity (Wildman–Crippen MR) is 115 cm³/mol. The van der Waals surface area contributed by atoms with Gasteiger partial charge in [-0.15, -0.1) is 0 Å². The van der Waals surface area contributed by atoms with E-state index in [9.17, 15) is 4.79 Å². The third-order valence-electron chi connectivity index (χ3n) is 4.73. The molecule has 1 N–H and O–H groups in total. The summed E-state index contributed by atoms with van der Waals surface area (Å²) < 4.78 is 10.6. The Bertz CT molecular complexity index is 819. The molecule has 1 unspecified atom stereocenters. The Morgan fingerprint density at radius 2 is 2.07 bits per heavy atom. The first-order valence-corrected chi connectivity index (χ1v) is 9.27.